The standard InChI is InChI=1S/C15H15N5OS/c1-11-5-6-14(21-2)13(8-11)20-15(17-18-19-20)22-10-12-4-3-7-16-9-12/h3-9H,10H2,1-2H3. The third kappa shape index (κ3) is 3.09. The fourth-order valence-electron chi connectivity index (χ4n) is 2.02. The highest BCUT2D eigenvalue weighted by atomic mass is 32.2. The summed E-state index contributed by atoms with van der Waals surface area (Å²) in [4.78, 5) is 4.11. The largest absolute Gasteiger partial charge is 0.494 e. The maximum absolute atomic E-state index is 5.41. The van der Waals surface area contributed by atoms with E-state index in [4.69, 9.17) is 4.74 Å². The average molecular weight is 313 g/mol. The fourth-order valence-corrected chi connectivity index (χ4v) is 2.83. The zero-order valence-electron chi connectivity index (χ0n) is 12.3. The molecule has 3 aromatic rings. The molecule has 0 saturated carbocycles. The number of aryl methyl sites for hydroxylation is 1. The van der Waals surface area contributed by atoms with Gasteiger partial charge in [-0.25, -0.2) is 0 Å². The van der Waals surface area contributed by atoms with Gasteiger partial charge in [-0.1, -0.05) is 23.9 Å². The van der Waals surface area contributed by atoms with Crippen molar-refractivity contribution in [2.45, 2.75) is 17.8 Å². The molecular formula is C15H15N5OS. The minimum Gasteiger partial charge on any atom is -0.494 e. The first-order chi connectivity index (χ1) is 10.8. The second-order valence-corrected chi connectivity index (χ2v) is 5.64. The molecule has 112 valence electrons. The first-order valence-electron chi connectivity index (χ1n) is 6.73. The topological polar surface area (TPSA) is 65.7 Å². The van der Waals surface area contributed by atoms with Gasteiger partial charge in [0.1, 0.15) is 11.4 Å². The molecular weight excluding hydrogens is 298 g/mol. The second-order valence-electron chi connectivity index (χ2n) is 4.70. The van der Waals surface area contributed by atoms with Crippen molar-refractivity contribution in [3.8, 4) is 11.4 Å². The van der Waals surface area contributed by atoms with Crippen molar-refractivity contribution in [2.24, 2.45) is 0 Å². The van der Waals surface area contributed by atoms with Crippen molar-refractivity contribution in [1.29, 1.82) is 0 Å². The van der Waals surface area contributed by atoms with Gasteiger partial charge >= 0.3 is 0 Å². The van der Waals surface area contributed by atoms with Gasteiger partial charge in [-0.05, 0) is 46.7 Å². The van der Waals surface area contributed by atoms with E-state index in [-0.39, 0.29) is 0 Å². The number of rotatable bonds is 5. The molecule has 0 aliphatic rings. The van der Waals surface area contributed by atoms with Crippen LogP contribution in [0.4, 0.5) is 0 Å². The fraction of sp³-hybridized carbons (Fsp3) is 0.200. The zero-order chi connectivity index (χ0) is 15.4. The molecule has 0 radical (unpaired) electrons. The minimum atomic E-state index is 0.716. The van der Waals surface area contributed by atoms with Gasteiger partial charge in [-0.2, -0.15) is 4.68 Å². The summed E-state index contributed by atoms with van der Waals surface area (Å²) < 4.78 is 7.11. The van der Waals surface area contributed by atoms with Crippen LogP contribution in [0.1, 0.15) is 11.1 Å². The van der Waals surface area contributed by atoms with Crippen LogP contribution in [0.5, 0.6) is 5.75 Å². The van der Waals surface area contributed by atoms with Crippen molar-refractivity contribution in [3.05, 3.63) is 53.9 Å². The third-order valence-corrected chi connectivity index (χ3v) is 4.08. The maximum Gasteiger partial charge on any atom is 0.214 e. The number of nitrogens with zero attached hydrogens (tertiary/aromatic N) is 5. The van der Waals surface area contributed by atoms with Crippen molar-refractivity contribution < 1.29 is 4.74 Å². The zero-order valence-corrected chi connectivity index (χ0v) is 13.1. The van der Waals surface area contributed by atoms with Gasteiger partial charge in [0, 0.05) is 18.1 Å². The van der Waals surface area contributed by atoms with Gasteiger partial charge in [0.2, 0.25) is 5.16 Å². The van der Waals surface area contributed by atoms with Crippen LogP contribution in [0.15, 0.2) is 47.9 Å². The first kappa shape index (κ1) is 14.5. The van der Waals surface area contributed by atoms with E-state index in [1.807, 2.05) is 43.5 Å². The number of hydrogen-bond donors (Lipinski definition) is 0. The highest BCUT2D eigenvalue weighted by Gasteiger charge is 2.13. The third-order valence-electron chi connectivity index (χ3n) is 3.09. The highest BCUT2D eigenvalue weighted by Crippen LogP contribution is 2.28. The Kier molecular flexibility index (Phi) is 4.34. The molecule has 0 saturated heterocycles. The van der Waals surface area contributed by atoms with E-state index in [1.54, 1.807) is 29.8 Å². The van der Waals surface area contributed by atoms with Gasteiger partial charge in [0.05, 0.1) is 7.11 Å². The summed E-state index contributed by atoms with van der Waals surface area (Å²) in [7, 11) is 1.64. The Morgan fingerprint density at radius 2 is 2.18 bits per heavy atom. The van der Waals surface area contributed by atoms with Crippen molar-refractivity contribution in [2.75, 3.05) is 7.11 Å². The summed E-state index contributed by atoms with van der Waals surface area (Å²) in [6.07, 6.45) is 3.60. The Bertz CT molecular complexity index is 760. The van der Waals surface area contributed by atoms with Crippen LogP contribution < -0.4 is 4.74 Å². The first-order valence-corrected chi connectivity index (χ1v) is 7.71. The van der Waals surface area contributed by atoms with Crippen LogP contribution in [-0.4, -0.2) is 32.3 Å². The van der Waals surface area contributed by atoms with E-state index in [0.29, 0.717) is 5.16 Å². The lowest BCUT2D eigenvalue weighted by Gasteiger charge is -2.10. The summed E-state index contributed by atoms with van der Waals surface area (Å²) in [5.41, 5.74) is 3.08. The second kappa shape index (κ2) is 6.57. The number of aromatic nitrogens is 5. The van der Waals surface area contributed by atoms with Crippen LogP contribution >= 0.6 is 11.8 Å². The number of tetrazole rings is 1. The SMILES string of the molecule is COc1ccc(C)cc1-n1nnnc1SCc1cccnc1. The molecule has 2 heterocycles. The Balaban J connectivity index is 1.88. The van der Waals surface area contributed by atoms with Crippen LogP contribution in [0.3, 0.4) is 0 Å². The molecule has 6 nitrogen and oxygen atoms in total. The molecule has 0 aliphatic carbocycles. The summed E-state index contributed by atoms with van der Waals surface area (Å²) >= 11 is 1.56. The van der Waals surface area contributed by atoms with E-state index in [1.165, 1.54) is 0 Å². The predicted octanol–water partition coefficient (Wildman–Crippen LogP) is 2.67. The van der Waals surface area contributed by atoms with Crippen molar-refractivity contribution in [1.82, 2.24) is 25.2 Å². The predicted molar refractivity (Wildman–Crippen MR) is 84.2 cm³/mol. The molecule has 3 rings (SSSR count). The Hall–Kier alpha value is -2.41. The molecule has 0 unspecified atom stereocenters. The molecule has 0 spiro atoms. The number of hydrogen-bond acceptors (Lipinski definition) is 6. The molecule has 0 amide bonds. The van der Waals surface area contributed by atoms with Gasteiger partial charge in [0.15, 0.2) is 0 Å². The Labute approximate surface area is 132 Å². The molecule has 7 heteroatoms. The molecule has 1 aromatic carbocycles. The molecule has 22 heavy (non-hydrogen) atoms. The average Bonchev–Trinajstić information content (AvgIpc) is 3.02. The number of ether oxygens (including phenoxy) is 1. The molecule has 0 N–H and O–H groups in total. The van der Waals surface area contributed by atoms with Crippen molar-refractivity contribution >= 4 is 11.8 Å². The Morgan fingerprint density at radius 3 is 2.95 bits per heavy atom. The molecule has 0 aliphatic heterocycles. The van der Waals surface area contributed by atoms with E-state index in [0.717, 1.165) is 28.3 Å². The lowest BCUT2D eigenvalue weighted by atomic mass is 10.2. The Morgan fingerprint density at radius 1 is 1.27 bits per heavy atom. The lowest BCUT2D eigenvalue weighted by Crippen LogP contribution is -2.02. The van der Waals surface area contributed by atoms with Crippen LogP contribution in [0.2, 0.25) is 0 Å². The summed E-state index contributed by atoms with van der Waals surface area (Å²) in [5, 5.41) is 12.7. The van der Waals surface area contributed by atoms with Crippen LogP contribution in [0, 0.1) is 6.92 Å². The molecule has 0 fully saturated rings. The van der Waals surface area contributed by atoms with Gasteiger partial charge in [-0.3, -0.25) is 4.98 Å². The van der Waals surface area contributed by atoms with E-state index >= 15 is 0 Å². The monoisotopic (exact) mass is 313 g/mol. The quantitative estimate of drug-likeness (QED) is 0.675. The van der Waals surface area contributed by atoms with Gasteiger partial charge in [0.25, 0.3) is 0 Å². The lowest BCUT2D eigenvalue weighted by molar-refractivity contribution is 0.410. The molecule has 0 atom stereocenters. The van der Waals surface area contributed by atoms with E-state index in [9.17, 15) is 0 Å². The minimum absolute atomic E-state index is 0.716. The van der Waals surface area contributed by atoms with Gasteiger partial charge < -0.3 is 4.74 Å². The maximum atomic E-state index is 5.41. The van der Waals surface area contributed by atoms with Crippen LogP contribution in [0.25, 0.3) is 5.69 Å². The summed E-state index contributed by atoms with van der Waals surface area (Å²) in [6, 6.07) is 9.87. The highest BCUT2D eigenvalue weighted by molar-refractivity contribution is 7.98. The van der Waals surface area contributed by atoms with Gasteiger partial charge in [-0.15, -0.1) is 5.10 Å². The number of pyridine rings is 1. The normalized spacial score (nSPS) is 10.6. The van der Waals surface area contributed by atoms with Crippen molar-refractivity contribution in [3.63, 3.8) is 0 Å². The summed E-state index contributed by atoms with van der Waals surface area (Å²) in [5.74, 6) is 1.49. The number of thioether (sulfide) groups is 1. The van der Waals surface area contributed by atoms with Crippen LogP contribution in [-0.2, 0) is 5.75 Å². The molecule has 0 bridgehead atoms. The van der Waals surface area contributed by atoms with E-state index < -0.39 is 0 Å². The number of benzene rings is 1. The molecule has 2 aromatic heterocycles. The number of methoxy groups -OCH3 is 1. The van der Waals surface area contributed by atoms with E-state index in [2.05, 4.69) is 20.5 Å². The smallest absolute Gasteiger partial charge is 0.214 e. The summed E-state index contributed by atoms with van der Waals surface area (Å²) in [6.45, 7) is 2.02.